The molecule has 0 aliphatic heterocycles. The molecule has 9 rings (SSSR count). The van der Waals surface area contributed by atoms with Crippen LogP contribution < -0.4 is 0 Å². The van der Waals surface area contributed by atoms with Crippen LogP contribution in [0.2, 0.25) is 0 Å². The Bertz CT molecular complexity index is 2430. The summed E-state index contributed by atoms with van der Waals surface area (Å²) >= 11 is 0. The molecule has 3 nitrogen and oxygen atoms in total. The van der Waals surface area contributed by atoms with Crippen molar-refractivity contribution < 1.29 is 0 Å². The predicted octanol–water partition coefficient (Wildman–Crippen LogP) is 9.56. The van der Waals surface area contributed by atoms with E-state index in [1.54, 1.807) is 0 Å². The average Bonchev–Trinajstić information content (AvgIpc) is 3.57. The van der Waals surface area contributed by atoms with Crippen molar-refractivity contribution >= 4 is 59.9 Å². The third-order valence-corrected chi connectivity index (χ3v) is 8.27. The molecule has 0 atom stereocenters. The maximum Gasteiger partial charge on any atom is 0.138 e. The minimum atomic E-state index is 0.918. The van der Waals surface area contributed by atoms with Crippen molar-refractivity contribution in [2.45, 2.75) is 0 Å². The molecule has 5 aromatic carbocycles. The molecule has 0 N–H and O–H groups in total. The van der Waals surface area contributed by atoms with Gasteiger partial charge in [-0.2, -0.15) is 0 Å². The Morgan fingerprint density at radius 3 is 1.90 bits per heavy atom. The molecule has 9 aromatic rings. The van der Waals surface area contributed by atoms with Crippen LogP contribution in [-0.2, 0) is 0 Å². The predicted molar refractivity (Wildman–Crippen MR) is 167 cm³/mol. The molecular weight excluding hydrogens is 486 g/mol. The molecule has 0 spiro atoms. The van der Waals surface area contributed by atoms with Crippen LogP contribution in [-0.4, -0.2) is 14.0 Å². The van der Waals surface area contributed by atoms with Crippen LogP contribution in [0.3, 0.4) is 0 Å². The zero-order valence-corrected chi connectivity index (χ0v) is 21.6. The van der Waals surface area contributed by atoms with E-state index in [0.29, 0.717) is 0 Å². The Labute approximate surface area is 230 Å². The van der Waals surface area contributed by atoms with E-state index in [4.69, 9.17) is 4.98 Å². The molecular formula is C37H23N3. The van der Waals surface area contributed by atoms with Gasteiger partial charge in [0.1, 0.15) is 5.82 Å². The Morgan fingerprint density at radius 2 is 1.05 bits per heavy atom. The lowest BCUT2D eigenvalue weighted by atomic mass is 10.0. The van der Waals surface area contributed by atoms with Crippen molar-refractivity contribution in [1.29, 1.82) is 0 Å². The van der Waals surface area contributed by atoms with E-state index in [9.17, 15) is 0 Å². The molecule has 0 radical (unpaired) electrons. The van der Waals surface area contributed by atoms with E-state index in [1.165, 1.54) is 48.9 Å². The van der Waals surface area contributed by atoms with E-state index in [-0.39, 0.29) is 0 Å². The number of benzene rings is 5. The normalized spacial score (nSPS) is 12.0. The summed E-state index contributed by atoms with van der Waals surface area (Å²) in [5.74, 6) is 0.918. The summed E-state index contributed by atoms with van der Waals surface area (Å²) in [5.41, 5.74) is 8.04. The number of pyridine rings is 2. The molecule has 0 unspecified atom stereocenters. The van der Waals surface area contributed by atoms with Crippen LogP contribution >= 0.6 is 0 Å². The quantitative estimate of drug-likeness (QED) is 0.213. The molecule has 0 saturated carbocycles. The van der Waals surface area contributed by atoms with Crippen molar-refractivity contribution in [2.24, 2.45) is 0 Å². The van der Waals surface area contributed by atoms with Gasteiger partial charge in [0.05, 0.1) is 33.3 Å². The molecule has 0 aliphatic carbocycles. The van der Waals surface area contributed by atoms with Crippen molar-refractivity contribution in [3.05, 3.63) is 140 Å². The Hall–Kier alpha value is -5.41. The Kier molecular flexibility index (Phi) is 4.33. The maximum atomic E-state index is 5.17. The van der Waals surface area contributed by atoms with Crippen LogP contribution in [0.15, 0.2) is 140 Å². The van der Waals surface area contributed by atoms with E-state index >= 15 is 0 Å². The van der Waals surface area contributed by atoms with Crippen LogP contribution in [0.4, 0.5) is 0 Å². The van der Waals surface area contributed by atoms with Gasteiger partial charge in [-0.15, -0.1) is 0 Å². The fourth-order valence-electron chi connectivity index (χ4n) is 6.52. The van der Waals surface area contributed by atoms with Gasteiger partial charge in [0.25, 0.3) is 0 Å². The van der Waals surface area contributed by atoms with Gasteiger partial charge in [0, 0.05) is 32.5 Å². The molecule has 0 fully saturated rings. The molecule has 3 heteroatoms. The minimum absolute atomic E-state index is 0.918. The molecule has 0 amide bonds. The molecule has 40 heavy (non-hydrogen) atoms. The van der Waals surface area contributed by atoms with Gasteiger partial charge in [-0.25, -0.2) is 4.98 Å². The molecule has 4 aromatic heterocycles. The van der Waals surface area contributed by atoms with Crippen molar-refractivity contribution in [3.63, 3.8) is 0 Å². The average molecular weight is 510 g/mol. The van der Waals surface area contributed by atoms with Crippen molar-refractivity contribution in [3.8, 4) is 17.1 Å². The third-order valence-electron chi connectivity index (χ3n) is 8.27. The highest BCUT2D eigenvalue weighted by Gasteiger charge is 2.18. The second-order valence-electron chi connectivity index (χ2n) is 10.5. The van der Waals surface area contributed by atoms with Crippen LogP contribution in [0.1, 0.15) is 0 Å². The van der Waals surface area contributed by atoms with Crippen LogP contribution in [0.5, 0.6) is 0 Å². The largest absolute Gasteiger partial charge is 0.309 e. The summed E-state index contributed by atoms with van der Waals surface area (Å²) in [6, 6.07) is 49.9. The van der Waals surface area contributed by atoms with Gasteiger partial charge >= 0.3 is 0 Å². The first-order valence-electron chi connectivity index (χ1n) is 13.7. The highest BCUT2D eigenvalue weighted by atomic mass is 15.1. The highest BCUT2D eigenvalue weighted by molar-refractivity contribution is 6.21. The zero-order chi connectivity index (χ0) is 26.2. The van der Waals surface area contributed by atoms with Crippen LogP contribution in [0.25, 0.3) is 77.0 Å². The summed E-state index contributed by atoms with van der Waals surface area (Å²) in [4.78, 5) is 5.17. The summed E-state index contributed by atoms with van der Waals surface area (Å²) in [5, 5.41) is 7.51. The smallest absolute Gasteiger partial charge is 0.138 e. The zero-order valence-electron chi connectivity index (χ0n) is 21.6. The fourth-order valence-corrected chi connectivity index (χ4v) is 6.52. The first-order valence-corrected chi connectivity index (χ1v) is 13.7. The van der Waals surface area contributed by atoms with Crippen LogP contribution in [0, 0.1) is 0 Å². The molecule has 0 bridgehead atoms. The lowest BCUT2D eigenvalue weighted by molar-refractivity contribution is 1.08. The maximum absolute atomic E-state index is 5.17. The number of hydrogen-bond acceptors (Lipinski definition) is 1. The number of aromatic nitrogens is 3. The topological polar surface area (TPSA) is 22.2 Å². The Morgan fingerprint density at radius 1 is 0.400 bits per heavy atom. The molecule has 0 saturated heterocycles. The molecule has 4 heterocycles. The monoisotopic (exact) mass is 509 g/mol. The first kappa shape index (κ1) is 21.5. The summed E-state index contributed by atoms with van der Waals surface area (Å²) in [6.45, 7) is 0. The Balaban J connectivity index is 1.47. The SMILES string of the molecule is c1ccc(-c2cccc(-n3c4ccccc4c4cc5c6ccccc6c6cc7ccccc7n6c5cc43)n2)cc1. The molecule has 0 aliphatic rings. The van der Waals surface area contributed by atoms with Gasteiger partial charge < -0.3 is 4.40 Å². The van der Waals surface area contributed by atoms with Gasteiger partial charge in [-0.1, -0.05) is 97.1 Å². The van der Waals surface area contributed by atoms with E-state index < -0.39 is 0 Å². The second-order valence-corrected chi connectivity index (χ2v) is 10.5. The highest BCUT2D eigenvalue weighted by Crippen LogP contribution is 2.39. The fraction of sp³-hybridized carbons (Fsp3) is 0. The minimum Gasteiger partial charge on any atom is -0.309 e. The van der Waals surface area contributed by atoms with Gasteiger partial charge in [0.15, 0.2) is 0 Å². The van der Waals surface area contributed by atoms with Crippen molar-refractivity contribution in [2.75, 3.05) is 0 Å². The van der Waals surface area contributed by atoms with E-state index in [2.05, 4.69) is 142 Å². The number of nitrogens with zero attached hydrogens (tertiary/aromatic N) is 3. The number of para-hydroxylation sites is 2. The summed E-state index contributed by atoms with van der Waals surface area (Å²) < 4.78 is 4.76. The molecule has 186 valence electrons. The van der Waals surface area contributed by atoms with Crippen molar-refractivity contribution in [1.82, 2.24) is 14.0 Å². The van der Waals surface area contributed by atoms with Gasteiger partial charge in [-0.3, -0.25) is 4.57 Å². The second kappa shape index (κ2) is 8.05. The standard InChI is InChI=1S/C37H23N3/c1-2-11-24(12-3-1)31-17-10-20-37(38-31)40-33-19-9-7-16-28(33)30-22-29-26-14-5-6-15-27(26)34-21-25-13-4-8-18-32(25)39(34)35(29)23-36(30)40/h1-23H. The lowest BCUT2D eigenvalue weighted by Crippen LogP contribution is -1.99. The summed E-state index contributed by atoms with van der Waals surface area (Å²) in [7, 11) is 0. The van der Waals surface area contributed by atoms with E-state index in [1.807, 2.05) is 6.07 Å². The third kappa shape index (κ3) is 2.92. The lowest BCUT2D eigenvalue weighted by Gasteiger charge is -2.12. The van der Waals surface area contributed by atoms with Gasteiger partial charge in [0.2, 0.25) is 0 Å². The number of rotatable bonds is 2. The first-order chi connectivity index (χ1) is 19.8. The van der Waals surface area contributed by atoms with Gasteiger partial charge in [-0.05, 0) is 47.9 Å². The summed E-state index contributed by atoms with van der Waals surface area (Å²) in [6.07, 6.45) is 0. The number of hydrogen-bond donors (Lipinski definition) is 0. The number of fused-ring (bicyclic) bond motifs is 11. The van der Waals surface area contributed by atoms with E-state index in [0.717, 1.165) is 28.1 Å².